The normalized spacial score (nSPS) is 18.5. The van der Waals surface area contributed by atoms with Crippen LogP contribution >= 0.6 is 0 Å². The molecule has 1 fully saturated rings. The Balaban J connectivity index is 1.60. The molecule has 28 heavy (non-hydrogen) atoms. The Morgan fingerprint density at radius 2 is 1.89 bits per heavy atom. The number of hydrogen-bond acceptors (Lipinski definition) is 5. The number of likely N-dealkylation sites (tertiary alicyclic amines) is 1. The highest BCUT2D eigenvalue weighted by atomic mass is 16.5. The van der Waals surface area contributed by atoms with Gasteiger partial charge in [-0.15, -0.1) is 0 Å². The second-order valence-electron chi connectivity index (χ2n) is 7.09. The molecular formula is C21H23N3O4. The number of carbonyl (C=O) groups excluding carboxylic acids is 2. The van der Waals surface area contributed by atoms with Gasteiger partial charge in [-0.05, 0) is 30.5 Å². The Kier molecular flexibility index (Phi) is 5.27. The summed E-state index contributed by atoms with van der Waals surface area (Å²) in [5.41, 5.74) is 1.97. The minimum atomic E-state index is -0.470. The van der Waals surface area contributed by atoms with Gasteiger partial charge in [-0.2, -0.15) is 0 Å². The lowest BCUT2D eigenvalue weighted by Crippen LogP contribution is -2.43. The predicted molar refractivity (Wildman–Crippen MR) is 105 cm³/mol. The molecule has 0 aliphatic carbocycles. The van der Waals surface area contributed by atoms with Crippen LogP contribution in [0.25, 0.3) is 0 Å². The third-order valence-corrected chi connectivity index (χ3v) is 5.12. The molecule has 2 amide bonds. The fourth-order valence-corrected chi connectivity index (χ4v) is 3.72. The van der Waals surface area contributed by atoms with Crippen LogP contribution in [0.15, 0.2) is 48.5 Å². The number of aliphatic hydroxyl groups excluding tert-OH is 1. The van der Waals surface area contributed by atoms with Crippen molar-refractivity contribution in [1.29, 1.82) is 0 Å². The summed E-state index contributed by atoms with van der Waals surface area (Å²) in [5.74, 6) is 0.0813. The molecule has 4 rings (SSSR count). The van der Waals surface area contributed by atoms with Crippen molar-refractivity contribution in [2.75, 3.05) is 30.3 Å². The summed E-state index contributed by atoms with van der Waals surface area (Å²) in [6.45, 7) is 1.22. The van der Waals surface area contributed by atoms with Crippen LogP contribution in [0.2, 0.25) is 0 Å². The number of nitrogens with one attached hydrogen (secondary N) is 2. The highest BCUT2D eigenvalue weighted by Gasteiger charge is 2.31. The largest absolute Gasteiger partial charge is 0.479 e. The molecule has 2 aromatic carbocycles. The first-order valence-electron chi connectivity index (χ1n) is 9.45. The lowest BCUT2D eigenvalue weighted by molar-refractivity contribution is -0.122. The van der Waals surface area contributed by atoms with Crippen LogP contribution < -0.4 is 15.4 Å². The number of aliphatic hydroxyl groups is 1. The average Bonchev–Trinajstić information content (AvgIpc) is 2.70. The van der Waals surface area contributed by atoms with Crippen LogP contribution in [0.3, 0.4) is 0 Å². The fourth-order valence-electron chi connectivity index (χ4n) is 3.72. The Bertz CT molecular complexity index is 863. The summed E-state index contributed by atoms with van der Waals surface area (Å²) in [6.07, 6.45) is 0.979. The van der Waals surface area contributed by atoms with E-state index >= 15 is 0 Å². The number of amides is 2. The zero-order chi connectivity index (χ0) is 19.5. The van der Waals surface area contributed by atoms with Crippen molar-refractivity contribution in [1.82, 2.24) is 4.90 Å². The van der Waals surface area contributed by atoms with Crippen LogP contribution in [-0.2, 0) is 9.59 Å². The van der Waals surface area contributed by atoms with Gasteiger partial charge in [0.2, 0.25) is 5.91 Å². The van der Waals surface area contributed by atoms with Crippen LogP contribution in [0.4, 0.5) is 11.4 Å². The maximum absolute atomic E-state index is 13.3. The molecule has 146 valence electrons. The predicted octanol–water partition coefficient (Wildman–Crippen LogP) is 2.15. The highest BCUT2D eigenvalue weighted by molar-refractivity contribution is 6.01. The molecule has 0 radical (unpaired) electrons. The Hall–Kier alpha value is -2.90. The van der Waals surface area contributed by atoms with Crippen LogP contribution in [-0.4, -0.2) is 47.6 Å². The monoisotopic (exact) mass is 381 g/mol. The molecule has 1 saturated heterocycles. The van der Waals surface area contributed by atoms with Gasteiger partial charge in [0.1, 0.15) is 6.04 Å². The number of anilines is 2. The maximum Gasteiger partial charge on any atom is 0.262 e. The van der Waals surface area contributed by atoms with Crippen molar-refractivity contribution in [2.24, 2.45) is 0 Å². The lowest BCUT2D eigenvalue weighted by atomic mass is 9.99. The standard InChI is InChI=1S/C21H23N3O4/c25-15-9-11-24(12-10-15)19(14-5-2-1-3-6-14)21(27)23-17-8-4-7-16-20(17)28-13-18(26)22-16/h1-8,15,19,25H,9-13H2,(H,22,26)(H,23,27). The second kappa shape index (κ2) is 8.00. The molecule has 0 aromatic heterocycles. The van der Waals surface area contributed by atoms with E-state index in [9.17, 15) is 14.7 Å². The van der Waals surface area contributed by atoms with Gasteiger partial charge in [0.25, 0.3) is 5.91 Å². The van der Waals surface area contributed by atoms with Crippen LogP contribution in [0.1, 0.15) is 24.4 Å². The first kappa shape index (κ1) is 18.5. The van der Waals surface area contributed by atoms with Gasteiger partial charge in [-0.1, -0.05) is 36.4 Å². The third kappa shape index (κ3) is 3.85. The number of nitrogens with zero attached hydrogens (tertiary/aromatic N) is 1. The summed E-state index contributed by atoms with van der Waals surface area (Å²) >= 11 is 0. The summed E-state index contributed by atoms with van der Waals surface area (Å²) in [6, 6.07) is 14.4. The number of rotatable bonds is 4. The van der Waals surface area contributed by atoms with E-state index in [0.717, 1.165) is 5.56 Å². The van der Waals surface area contributed by atoms with Gasteiger partial charge < -0.3 is 20.5 Å². The summed E-state index contributed by atoms with van der Waals surface area (Å²) in [7, 11) is 0. The third-order valence-electron chi connectivity index (χ3n) is 5.12. The van der Waals surface area contributed by atoms with Crippen LogP contribution in [0.5, 0.6) is 5.75 Å². The van der Waals surface area contributed by atoms with E-state index in [1.54, 1.807) is 18.2 Å². The average molecular weight is 381 g/mol. The minimum absolute atomic E-state index is 0.0774. The zero-order valence-electron chi connectivity index (χ0n) is 15.4. The van der Waals surface area contributed by atoms with E-state index in [2.05, 4.69) is 15.5 Å². The fraction of sp³-hybridized carbons (Fsp3) is 0.333. The highest BCUT2D eigenvalue weighted by Crippen LogP contribution is 2.36. The van der Waals surface area contributed by atoms with Gasteiger partial charge in [0.15, 0.2) is 12.4 Å². The number of fused-ring (bicyclic) bond motifs is 1. The topological polar surface area (TPSA) is 90.9 Å². The number of carbonyl (C=O) groups is 2. The van der Waals surface area contributed by atoms with E-state index in [-0.39, 0.29) is 24.5 Å². The smallest absolute Gasteiger partial charge is 0.262 e. The first-order valence-corrected chi connectivity index (χ1v) is 9.45. The quantitative estimate of drug-likeness (QED) is 0.755. The number of piperidine rings is 1. The number of hydrogen-bond donors (Lipinski definition) is 3. The molecule has 0 spiro atoms. The van der Waals surface area contributed by atoms with Crippen molar-refractivity contribution in [3.05, 3.63) is 54.1 Å². The Labute approximate surface area is 163 Å². The molecule has 2 aliphatic rings. The van der Waals surface area contributed by atoms with Crippen molar-refractivity contribution in [3.63, 3.8) is 0 Å². The number of para-hydroxylation sites is 1. The molecule has 1 atom stereocenters. The van der Waals surface area contributed by atoms with Gasteiger partial charge in [-0.3, -0.25) is 14.5 Å². The molecule has 2 aliphatic heterocycles. The van der Waals surface area contributed by atoms with Crippen molar-refractivity contribution < 1.29 is 19.4 Å². The van der Waals surface area contributed by atoms with Gasteiger partial charge in [0.05, 0.1) is 17.5 Å². The molecule has 0 bridgehead atoms. The van der Waals surface area contributed by atoms with Crippen molar-refractivity contribution in [3.8, 4) is 5.75 Å². The van der Waals surface area contributed by atoms with E-state index < -0.39 is 6.04 Å². The molecule has 3 N–H and O–H groups in total. The first-order chi connectivity index (χ1) is 13.6. The summed E-state index contributed by atoms with van der Waals surface area (Å²) in [5, 5.41) is 15.6. The molecule has 2 heterocycles. The number of benzene rings is 2. The van der Waals surface area contributed by atoms with E-state index in [0.29, 0.717) is 43.1 Å². The van der Waals surface area contributed by atoms with E-state index in [1.807, 2.05) is 30.3 Å². The Morgan fingerprint density at radius 1 is 1.14 bits per heavy atom. The molecule has 2 aromatic rings. The molecule has 7 heteroatoms. The van der Waals surface area contributed by atoms with Crippen molar-refractivity contribution in [2.45, 2.75) is 25.0 Å². The van der Waals surface area contributed by atoms with Gasteiger partial charge in [0, 0.05) is 13.1 Å². The summed E-state index contributed by atoms with van der Waals surface area (Å²) < 4.78 is 5.54. The SMILES string of the molecule is O=C1COc2c(cccc2NC(=O)C(c2ccccc2)N2CCC(O)CC2)N1. The molecule has 0 saturated carbocycles. The minimum Gasteiger partial charge on any atom is -0.479 e. The summed E-state index contributed by atoms with van der Waals surface area (Å²) in [4.78, 5) is 26.9. The molecule has 1 unspecified atom stereocenters. The van der Waals surface area contributed by atoms with Crippen molar-refractivity contribution >= 4 is 23.2 Å². The zero-order valence-corrected chi connectivity index (χ0v) is 15.4. The van der Waals surface area contributed by atoms with E-state index in [4.69, 9.17) is 4.74 Å². The lowest BCUT2D eigenvalue weighted by Gasteiger charge is -2.35. The number of ether oxygens (including phenoxy) is 1. The van der Waals surface area contributed by atoms with Crippen LogP contribution in [0, 0.1) is 0 Å². The van der Waals surface area contributed by atoms with Gasteiger partial charge in [-0.25, -0.2) is 0 Å². The van der Waals surface area contributed by atoms with E-state index in [1.165, 1.54) is 0 Å². The Morgan fingerprint density at radius 3 is 2.64 bits per heavy atom. The molecule has 7 nitrogen and oxygen atoms in total. The second-order valence-corrected chi connectivity index (χ2v) is 7.09. The molecular weight excluding hydrogens is 358 g/mol. The maximum atomic E-state index is 13.3. The van der Waals surface area contributed by atoms with Gasteiger partial charge >= 0.3 is 0 Å².